The predicted octanol–water partition coefficient (Wildman–Crippen LogP) is 1.73. The topological polar surface area (TPSA) is 47.7 Å². The van der Waals surface area contributed by atoms with Crippen molar-refractivity contribution < 1.29 is 0 Å². The molecule has 0 aliphatic rings. The Morgan fingerprint density at radius 1 is 1.33 bits per heavy atom. The van der Waals surface area contributed by atoms with E-state index >= 15 is 0 Å². The van der Waals surface area contributed by atoms with Crippen LogP contribution in [-0.2, 0) is 13.6 Å². The van der Waals surface area contributed by atoms with Gasteiger partial charge in [-0.2, -0.15) is 5.10 Å². The average Bonchev–Trinajstić information content (AvgIpc) is 2.99. The standard InChI is InChI=1S/C13H21N5/c1-4-6-14-13(12-9-17(3)10-15-12)11-7-16-18(5-2)8-11/h7-10,13-14H,4-6H2,1-3H3. The van der Waals surface area contributed by atoms with Crippen molar-refractivity contribution in [3.8, 4) is 0 Å². The summed E-state index contributed by atoms with van der Waals surface area (Å²) in [6.07, 6.45) is 9.00. The fraction of sp³-hybridized carbons (Fsp3) is 0.538. The Morgan fingerprint density at radius 3 is 2.72 bits per heavy atom. The van der Waals surface area contributed by atoms with Crippen molar-refractivity contribution in [2.45, 2.75) is 32.9 Å². The average molecular weight is 247 g/mol. The summed E-state index contributed by atoms with van der Waals surface area (Å²) in [5, 5.41) is 7.86. The van der Waals surface area contributed by atoms with E-state index in [4.69, 9.17) is 0 Å². The van der Waals surface area contributed by atoms with Crippen LogP contribution in [0.2, 0.25) is 0 Å². The van der Waals surface area contributed by atoms with E-state index in [0.717, 1.165) is 25.2 Å². The van der Waals surface area contributed by atoms with E-state index in [0.29, 0.717) is 0 Å². The van der Waals surface area contributed by atoms with Gasteiger partial charge in [0.05, 0.1) is 24.3 Å². The van der Waals surface area contributed by atoms with Crippen LogP contribution in [0, 0.1) is 0 Å². The fourth-order valence-electron chi connectivity index (χ4n) is 1.97. The Balaban J connectivity index is 2.24. The molecule has 0 saturated heterocycles. The Kier molecular flexibility index (Phi) is 4.15. The Bertz CT molecular complexity index is 485. The molecule has 1 N–H and O–H groups in total. The lowest BCUT2D eigenvalue weighted by Crippen LogP contribution is -2.23. The van der Waals surface area contributed by atoms with Gasteiger partial charge in [-0.3, -0.25) is 4.68 Å². The Hall–Kier alpha value is -1.62. The lowest BCUT2D eigenvalue weighted by Gasteiger charge is -2.14. The second-order valence-electron chi connectivity index (χ2n) is 4.48. The predicted molar refractivity (Wildman–Crippen MR) is 71.2 cm³/mol. The van der Waals surface area contributed by atoms with Gasteiger partial charge < -0.3 is 9.88 Å². The molecule has 2 rings (SSSR count). The van der Waals surface area contributed by atoms with E-state index in [9.17, 15) is 0 Å². The maximum atomic E-state index is 4.44. The van der Waals surface area contributed by atoms with E-state index in [1.54, 1.807) is 0 Å². The molecule has 5 heteroatoms. The smallest absolute Gasteiger partial charge is 0.0947 e. The summed E-state index contributed by atoms with van der Waals surface area (Å²) in [5.74, 6) is 0. The molecule has 0 amide bonds. The van der Waals surface area contributed by atoms with Crippen molar-refractivity contribution in [3.05, 3.63) is 36.2 Å². The van der Waals surface area contributed by atoms with Gasteiger partial charge in [0.1, 0.15) is 0 Å². The highest BCUT2D eigenvalue weighted by Crippen LogP contribution is 2.19. The van der Waals surface area contributed by atoms with E-state index < -0.39 is 0 Å². The van der Waals surface area contributed by atoms with Crippen molar-refractivity contribution in [1.82, 2.24) is 24.6 Å². The molecule has 18 heavy (non-hydrogen) atoms. The van der Waals surface area contributed by atoms with Crippen molar-refractivity contribution in [3.63, 3.8) is 0 Å². The maximum Gasteiger partial charge on any atom is 0.0947 e. The molecule has 0 saturated carbocycles. The van der Waals surface area contributed by atoms with E-state index in [1.807, 2.05) is 28.8 Å². The number of nitrogens with zero attached hydrogens (tertiary/aromatic N) is 4. The molecule has 1 atom stereocenters. The number of aryl methyl sites for hydroxylation is 2. The summed E-state index contributed by atoms with van der Waals surface area (Å²) >= 11 is 0. The molecule has 0 fully saturated rings. The van der Waals surface area contributed by atoms with Crippen LogP contribution in [0.3, 0.4) is 0 Å². The zero-order chi connectivity index (χ0) is 13.0. The highest BCUT2D eigenvalue weighted by molar-refractivity contribution is 5.22. The van der Waals surface area contributed by atoms with E-state index in [1.165, 1.54) is 5.56 Å². The zero-order valence-electron chi connectivity index (χ0n) is 11.3. The summed E-state index contributed by atoms with van der Waals surface area (Å²) in [7, 11) is 1.99. The highest BCUT2D eigenvalue weighted by atomic mass is 15.3. The van der Waals surface area contributed by atoms with Gasteiger partial charge in [-0.15, -0.1) is 0 Å². The van der Waals surface area contributed by atoms with Gasteiger partial charge in [-0.25, -0.2) is 4.98 Å². The quantitative estimate of drug-likeness (QED) is 0.845. The van der Waals surface area contributed by atoms with Crippen molar-refractivity contribution in [2.75, 3.05) is 6.54 Å². The maximum absolute atomic E-state index is 4.44. The number of hydrogen-bond donors (Lipinski definition) is 1. The first-order valence-electron chi connectivity index (χ1n) is 6.48. The zero-order valence-corrected chi connectivity index (χ0v) is 11.3. The van der Waals surface area contributed by atoms with Crippen LogP contribution >= 0.6 is 0 Å². The molecule has 0 aliphatic heterocycles. The third-order valence-electron chi connectivity index (χ3n) is 2.93. The molecule has 2 heterocycles. The van der Waals surface area contributed by atoms with Crippen molar-refractivity contribution in [2.24, 2.45) is 7.05 Å². The number of aromatic nitrogens is 4. The molecule has 0 aliphatic carbocycles. The Labute approximate surface area is 108 Å². The number of nitrogens with one attached hydrogen (secondary N) is 1. The lowest BCUT2D eigenvalue weighted by molar-refractivity contribution is 0.586. The number of imidazole rings is 1. The van der Waals surface area contributed by atoms with Crippen LogP contribution in [-0.4, -0.2) is 25.9 Å². The molecule has 0 spiro atoms. The first kappa shape index (κ1) is 12.8. The van der Waals surface area contributed by atoms with Crippen LogP contribution in [0.25, 0.3) is 0 Å². The van der Waals surface area contributed by atoms with E-state index in [2.05, 4.69) is 41.6 Å². The largest absolute Gasteiger partial charge is 0.340 e. The summed E-state index contributed by atoms with van der Waals surface area (Å²) < 4.78 is 3.92. The third kappa shape index (κ3) is 2.79. The van der Waals surface area contributed by atoms with Crippen LogP contribution in [0.1, 0.15) is 37.6 Å². The summed E-state index contributed by atoms with van der Waals surface area (Å²) in [6, 6.07) is 0.131. The van der Waals surface area contributed by atoms with Gasteiger partial charge in [0.2, 0.25) is 0 Å². The minimum atomic E-state index is 0.131. The first-order chi connectivity index (χ1) is 8.74. The highest BCUT2D eigenvalue weighted by Gasteiger charge is 2.17. The SMILES string of the molecule is CCCNC(c1cnn(CC)c1)c1cn(C)cn1. The molecule has 5 nitrogen and oxygen atoms in total. The first-order valence-corrected chi connectivity index (χ1v) is 6.48. The minimum absolute atomic E-state index is 0.131. The monoisotopic (exact) mass is 247 g/mol. The second-order valence-corrected chi connectivity index (χ2v) is 4.48. The molecule has 0 radical (unpaired) electrons. The molecule has 2 aromatic heterocycles. The number of rotatable bonds is 6. The van der Waals surface area contributed by atoms with Crippen LogP contribution in [0.15, 0.2) is 24.9 Å². The molecule has 0 bridgehead atoms. The lowest BCUT2D eigenvalue weighted by atomic mass is 10.1. The molecular weight excluding hydrogens is 226 g/mol. The van der Waals surface area contributed by atoms with Gasteiger partial charge >= 0.3 is 0 Å². The molecule has 2 aromatic rings. The van der Waals surface area contributed by atoms with Crippen LogP contribution < -0.4 is 5.32 Å². The van der Waals surface area contributed by atoms with E-state index in [-0.39, 0.29) is 6.04 Å². The van der Waals surface area contributed by atoms with Crippen molar-refractivity contribution in [1.29, 1.82) is 0 Å². The summed E-state index contributed by atoms with van der Waals surface area (Å²) in [5.41, 5.74) is 2.21. The van der Waals surface area contributed by atoms with Crippen LogP contribution in [0.5, 0.6) is 0 Å². The second kappa shape index (κ2) is 5.82. The minimum Gasteiger partial charge on any atom is -0.340 e. The summed E-state index contributed by atoms with van der Waals surface area (Å²) in [6.45, 7) is 6.12. The normalized spacial score (nSPS) is 12.8. The molecule has 1 unspecified atom stereocenters. The van der Waals surface area contributed by atoms with Gasteiger partial charge in [0, 0.05) is 31.5 Å². The Morgan fingerprint density at radius 2 is 2.17 bits per heavy atom. The number of hydrogen-bond acceptors (Lipinski definition) is 3. The molecule has 0 aromatic carbocycles. The van der Waals surface area contributed by atoms with Gasteiger partial charge in [-0.1, -0.05) is 6.92 Å². The van der Waals surface area contributed by atoms with Gasteiger partial charge in [0.15, 0.2) is 0 Å². The van der Waals surface area contributed by atoms with Crippen molar-refractivity contribution >= 4 is 0 Å². The molecule has 98 valence electrons. The fourth-order valence-corrected chi connectivity index (χ4v) is 1.97. The molecular formula is C13H21N5. The van der Waals surface area contributed by atoms with Gasteiger partial charge in [0.25, 0.3) is 0 Å². The van der Waals surface area contributed by atoms with Gasteiger partial charge in [-0.05, 0) is 19.9 Å². The van der Waals surface area contributed by atoms with Crippen LogP contribution in [0.4, 0.5) is 0 Å². The third-order valence-corrected chi connectivity index (χ3v) is 2.93. The summed E-state index contributed by atoms with van der Waals surface area (Å²) in [4.78, 5) is 4.44.